The molecule has 0 saturated carbocycles. The molecule has 0 aromatic carbocycles. The molecular weight excluding hydrogens is 1890 g/mol. The highest BCUT2D eigenvalue weighted by Gasteiger charge is 2.38. The fourth-order valence-corrected chi connectivity index (χ4v) is 13.3. The molecule has 0 rings (SSSR count). The lowest BCUT2D eigenvalue weighted by atomic mass is 10.2. The molecule has 0 amide bonds. The van der Waals surface area contributed by atoms with Crippen molar-refractivity contribution in [1.29, 1.82) is 0 Å². The fraction of sp³-hybridized carbons (Fsp3) is 0.662. The van der Waals surface area contributed by atoms with Crippen LogP contribution >= 0.6 is 39.5 Å². The van der Waals surface area contributed by atoms with Crippen molar-refractivity contribution in [2.45, 2.75) is 162 Å². The SMILES string of the molecule is C=C(C)C(=O)OCCC[Si](OC)(OC)OC.C=C(C)C(=O)OCCOC(=O)CCCCCOP(=O)(O)O.C=C(C)C(=O)OCCOC(=O)CCCCCO[P+](=O)O.C=C(C)C(=O)OCCOP(=O)(O)O.C=CC(=O)OCCC[Si](OC)(OC)OC.C=CC(=O)OCCOP(=O)(O)O.C=CCOCCOCCCCCCOP(=O)(O)OCCCCCC(=O)OCCOC(=O)C(=C)C. The van der Waals surface area contributed by atoms with Gasteiger partial charge in [0.1, 0.15) is 59.5 Å². The van der Waals surface area contributed by atoms with E-state index in [0.29, 0.717) is 140 Å². The predicted molar refractivity (Wildman–Crippen MR) is 474 cm³/mol. The van der Waals surface area contributed by atoms with E-state index in [9.17, 15) is 75.7 Å². The van der Waals surface area contributed by atoms with Crippen molar-refractivity contribution in [2.75, 3.05) is 175 Å². The van der Waals surface area contributed by atoms with Crippen LogP contribution in [-0.4, -0.2) is 291 Å². The molecule has 0 aliphatic carbocycles. The molecule has 0 spiro atoms. The second-order valence-corrected chi connectivity index (χ2v) is 37.9. The summed E-state index contributed by atoms with van der Waals surface area (Å²) >= 11 is 0. The van der Waals surface area contributed by atoms with E-state index in [2.05, 4.69) is 80.2 Å². The number of carbonyl (C=O) groups excluding carboxylic acids is 10. The van der Waals surface area contributed by atoms with Gasteiger partial charge in [-0.25, -0.2) is 51.8 Å². The third-order valence-electron chi connectivity index (χ3n) is 14.4. The predicted octanol–water partition coefficient (Wildman–Crippen LogP) is 9.71. The van der Waals surface area contributed by atoms with Crippen molar-refractivity contribution in [3.05, 3.63) is 98.7 Å². The molecule has 8 N–H and O–H groups in total. The van der Waals surface area contributed by atoms with E-state index in [0.717, 1.165) is 31.4 Å². The first-order chi connectivity index (χ1) is 61.4. The number of hydrogen-bond acceptors (Lipinski definition) is 39. The number of ether oxygens (including phenoxy) is 12. The number of phosphoric acid groups is 4. The molecule has 0 fully saturated rings. The molecule has 0 aliphatic rings. The molecule has 131 heavy (non-hydrogen) atoms. The van der Waals surface area contributed by atoms with Gasteiger partial charge in [-0.05, 0) is 98.8 Å². The summed E-state index contributed by atoms with van der Waals surface area (Å²) in [7, 11) is -15.7. The molecule has 2 unspecified atom stereocenters. The van der Waals surface area contributed by atoms with E-state index in [-0.39, 0.29) is 140 Å². The van der Waals surface area contributed by atoms with Gasteiger partial charge in [0.05, 0.1) is 66.1 Å². The summed E-state index contributed by atoms with van der Waals surface area (Å²) in [6.07, 6.45) is 14.2. The second-order valence-electron chi connectivity index (χ2n) is 25.8. The highest BCUT2D eigenvalue weighted by Crippen LogP contribution is 2.43. The van der Waals surface area contributed by atoms with Gasteiger partial charge in [0.15, 0.2) is 0 Å². The number of unbranched alkanes of at least 4 members (excludes halogenated alkanes) is 9. The van der Waals surface area contributed by atoms with Gasteiger partial charge in [0, 0.05) is 125 Å². The van der Waals surface area contributed by atoms with Crippen LogP contribution in [0.2, 0.25) is 12.1 Å². The number of hydrogen-bond donors (Lipinski definition) is 8. The van der Waals surface area contributed by atoms with Gasteiger partial charge in [-0.3, -0.25) is 37.0 Å². The Labute approximate surface area is 769 Å². The normalized spacial score (nSPS) is 11.4. The smallest absolute Gasteiger partial charge is 0.463 e. The highest BCUT2D eigenvalue weighted by atomic mass is 31.2. The van der Waals surface area contributed by atoms with E-state index in [1.54, 1.807) is 55.7 Å². The van der Waals surface area contributed by atoms with Crippen molar-refractivity contribution >= 4 is 117 Å². The molecule has 0 radical (unpaired) electrons. The Kier molecular flexibility index (Phi) is 92.7. The minimum atomic E-state index is -4.46. The van der Waals surface area contributed by atoms with Crippen LogP contribution in [0.3, 0.4) is 0 Å². The summed E-state index contributed by atoms with van der Waals surface area (Å²) in [5, 5.41) is 0. The van der Waals surface area contributed by atoms with E-state index in [1.807, 2.05) is 0 Å². The molecule has 0 bridgehead atoms. The maximum atomic E-state index is 11.8. The quantitative estimate of drug-likeness (QED) is 0.00534. The number of carbonyl (C=O) groups is 10. The van der Waals surface area contributed by atoms with Gasteiger partial charge in [-0.1, -0.05) is 84.2 Å². The van der Waals surface area contributed by atoms with Crippen LogP contribution in [0.1, 0.15) is 150 Å². The van der Waals surface area contributed by atoms with Crippen LogP contribution in [-0.2, 0) is 181 Å². The standard InChI is InChI=1S/C23H41O10P.C12H21O8P.C12H19O7P.C10H20O5Si.C9H18O5Si.C6H11O6P.C5H9O6P/c1-4-13-28-17-18-29-14-9-5-6-10-15-32-34(26,27)33-16-11-7-8-12-22(24)30-19-20-31-23(25)21(2)3;1-10(2)12(14)19-9-8-18-11(13)6-4-3-5-7-20-21(15,16)17;1-10(2)12(14)18-9-8-17-11(13)6-4-3-5-7-19-20(15)16;1-9(2)10(11)15-7-6-8-16(12-3,13-4)14-5;1-5-9(10)14-7-6-8-15(11-2,12-3)13-4;1-5(2)6(7)11-3-4-12-13(8,9)10;1-2-5(6)10-3-4-11-12(7,8)9/h4H,1-2,5-20H2,3H3,(H,26,27);1,3-9H2,2H3,(H2,15,16,17);1,3-9H2,2H3;1,6-8H2,2-5H3;5H,1,6-8H2,2-4H3;1,3-4H2,2H3,(H2,8,9,10);2H,1,3-4H2,(H2,7,8,9)/p+1. The summed E-state index contributed by atoms with van der Waals surface area (Å²) in [6.45, 7) is 36.8. The molecular formula is C77H140O47P5Si2+. The van der Waals surface area contributed by atoms with Crippen molar-refractivity contribution in [3.63, 3.8) is 0 Å². The molecule has 2 atom stereocenters. The first-order valence-corrected chi connectivity index (χ1v) is 51.2. The van der Waals surface area contributed by atoms with Gasteiger partial charge in [0.2, 0.25) is 0 Å². The highest BCUT2D eigenvalue weighted by molar-refractivity contribution is 7.47. The van der Waals surface area contributed by atoms with Crippen LogP contribution in [0.4, 0.5) is 0 Å². The van der Waals surface area contributed by atoms with Crippen molar-refractivity contribution in [3.8, 4) is 0 Å². The molecule has 762 valence electrons. The molecule has 0 aromatic heterocycles. The second kappa shape index (κ2) is 88.5. The van der Waals surface area contributed by atoms with E-state index in [1.165, 1.54) is 27.7 Å². The number of esters is 10. The molecule has 0 aromatic rings. The monoisotopic (exact) mass is 2030 g/mol. The maximum Gasteiger partial charge on any atom is 0.694 e. The lowest BCUT2D eigenvalue weighted by Crippen LogP contribution is -2.42. The lowest BCUT2D eigenvalue weighted by Gasteiger charge is -2.24. The number of phosphoric ester groups is 4. The van der Waals surface area contributed by atoms with Crippen LogP contribution in [0, 0.1) is 0 Å². The van der Waals surface area contributed by atoms with Gasteiger partial charge in [-0.15, -0.1) is 16.0 Å². The van der Waals surface area contributed by atoms with Crippen LogP contribution in [0.25, 0.3) is 0 Å². The van der Waals surface area contributed by atoms with E-state index < -0.39 is 105 Å². The van der Waals surface area contributed by atoms with Crippen molar-refractivity contribution in [2.24, 2.45) is 0 Å². The molecule has 47 nitrogen and oxygen atoms in total. The van der Waals surface area contributed by atoms with Gasteiger partial charge in [0.25, 0.3) is 0 Å². The summed E-state index contributed by atoms with van der Waals surface area (Å²) in [5.41, 5.74) is 1.47. The zero-order valence-corrected chi connectivity index (χ0v) is 83.4. The summed E-state index contributed by atoms with van der Waals surface area (Å²) in [5.74, 6) is -4.83. The van der Waals surface area contributed by atoms with Crippen molar-refractivity contribution < 1.29 is 220 Å². The Morgan fingerprint density at radius 2 is 0.557 bits per heavy atom. The Balaban J connectivity index is -0.000000282. The van der Waals surface area contributed by atoms with Crippen LogP contribution in [0.15, 0.2) is 98.7 Å². The molecule has 0 heterocycles. The van der Waals surface area contributed by atoms with E-state index >= 15 is 0 Å². The Hall–Kier alpha value is -6.81. The first kappa shape index (κ1) is 137. The van der Waals surface area contributed by atoms with E-state index in [4.69, 9.17) is 117 Å². The zero-order valence-electron chi connectivity index (χ0n) is 76.9. The third-order valence-corrected chi connectivity index (χ3v) is 23.1. The average molecular weight is 2030 g/mol. The Morgan fingerprint density at radius 1 is 0.305 bits per heavy atom. The maximum absolute atomic E-state index is 11.8. The van der Waals surface area contributed by atoms with Gasteiger partial charge < -0.3 is 118 Å². The Bertz CT molecular complexity index is 3470. The van der Waals surface area contributed by atoms with Crippen molar-refractivity contribution in [1.82, 2.24) is 0 Å². The van der Waals surface area contributed by atoms with Crippen LogP contribution in [0.5, 0.6) is 0 Å². The van der Waals surface area contributed by atoms with Gasteiger partial charge in [-0.2, -0.15) is 0 Å². The number of rotatable bonds is 72. The third kappa shape index (κ3) is 104. The molecule has 54 heteroatoms. The average Bonchev–Trinajstić information content (AvgIpc) is 0.895. The lowest BCUT2D eigenvalue weighted by molar-refractivity contribution is -0.150. The fourth-order valence-electron chi connectivity index (χ4n) is 7.85. The summed E-state index contributed by atoms with van der Waals surface area (Å²) < 4.78 is 169. The Morgan fingerprint density at radius 3 is 0.855 bits per heavy atom. The molecule has 0 aliphatic heterocycles. The minimum Gasteiger partial charge on any atom is -0.463 e. The minimum absolute atomic E-state index is 0.00831. The van der Waals surface area contributed by atoms with Crippen LogP contribution < -0.4 is 0 Å². The molecule has 0 saturated heterocycles. The first-order valence-electron chi connectivity index (χ1n) is 40.1. The topological polar surface area (TPSA) is 639 Å². The summed E-state index contributed by atoms with van der Waals surface area (Å²) in [4.78, 5) is 178. The zero-order chi connectivity index (χ0) is 102. The summed E-state index contributed by atoms with van der Waals surface area (Å²) in [6, 6.07) is 1.22. The largest absolute Gasteiger partial charge is 0.694 e. The van der Waals surface area contributed by atoms with Gasteiger partial charge >= 0.3 is 117 Å².